The van der Waals surface area contributed by atoms with Crippen molar-refractivity contribution in [1.29, 1.82) is 0 Å². The number of benzene rings is 1. The standard InChI is InChI=1S/C12H20N2O3S/c1-17-7-4-8-18(15,16)14-10-12-6-3-2-5-11(12)9-13/h2-3,5-6,14H,4,7-10,13H2,1H3. The molecule has 0 saturated carbocycles. The summed E-state index contributed by atoms with van der Waals surface area (Å²) in [6.45, 7) is 1.13. The van der Waals surface area contributed by atoms with Gasteiger partial charge in [-0.05, 0) is 17.5 Å². The second-order valence-corrected chi connectivity index (χ2v) is 5.89. The van der Waals surface area contributed by atoms with Crippen LogP contribution in [0, 0.1) is 0 Å². The smallest absolute Gasteiger partial charge is 0.211 e. The Morgan fingerprint density at radius 1 is 1.28 bits per heavy atom. The third-order valence-corrected chi connectivity index (χ3v) is 3.99. The van der Waals surface area contributed by atoms with Gasteiger partial charge in [-0.1, -0.05) is 24.3 Å². The Morgan fingerprint density at radius 2 is 1.94 bits per heavy atom. The molecule has 5 nitrogen and oxygen atoms in total. The molecule has 0 atom stereocenters. The third kappa shape index (κ3) is 5.14. The number of hydrogen-bond donors (Lipinski definition) is 2. The van der Waals surface area contributed by atoms with Crippen LogP contribution in [-0.2, 0) is 27.8 Å². The van der Waals surface area contributed by atoms with E-state index in [2.05, 4.69) is 4.72 Å². The molecule has 18 heavy (non-hydrogen) atoms. The number of methoxy groups -OCH3 is 1. The summed E-state index contributed by atoms with van der Waals surface area (Å²) in [6, 6.07) is 7.53. The first kappa shape index (κ1) is 15.1. The van der Waals surface area contributed by atoms with Crippen LogP contribution in [0.15, 0.2) is 24.3 Å². The van der Waals surface area contributed by atoms with Gasteiger partial charge in [-0.15, -0.1) is 0 Å². The average Bonchev–Trinajstić information content (AvgIpc) is 2.37. The summed E-state index contributed by atoms with van der Waals surface area (Å²) in [5.74, 6) is 0.0750. The SMILES string of the molecule is COCCCS(=O)(=O)NCc1ccccc1CN. The molecule has 0 spiro atoms. The Hall–Kier alpha value is -0.950. The first-order chi connectivity index (χ1) is 8.59. The highest BCUT2D eigenvalue weighted by Crippen LogP contribution is 2.08. The fraction of sp³-hybridized carbons (Fsp3) is 0.500. The van der Waals surface area contributed by atoms with Crippen molar-refractivity contribution in [2.45, 2.75) is 19.5 Å². The lowest BCUT2D eigenvalue weighted by molar-refractivity contribution is 0.199. The number of rotatable bonds is 8. The second kappa shape index (κ2) is 7.48. The summed E-state index contributed by atoms with van der Waals surface area (Å²) in [4.78, 5) is 0. The van der Waals surface area contributed by atoms with Crippen molar-refractivity contribution in [2.24, 2.45) is 5.73 Å². The predicted octanol–water partition coefficient (Wildman–Crippen LogP) is 0.601. The van der Waals surface area contributed by atoms with Gasteiger partial charge < -0.3 is 10.5 Å². The van der Waals surface area contributed by atoms with Crippen molar-refractivity contribution >= 4 is 10.0 Å². The molecule has 0 amide bonds. The molecule has 6 heteroatoms. The van der Waals surface area contributed by atoms with Gasteiger partial charge in [0.1, 0.15) is 0 Å². The van der Waals surface area contributed by atoms with E-state index in [1.165, 1.54) is 0 Å². The van der Waals surface area contributed by atoms with E-state index in [0.717, 1.165) is 11.1 Å². The summed E-state index contributed by atoms with van der Waals surface area (Å²) >= 11 is 0. The van der Waals surface area contributed by atoms with E-state index in [4.69, 9.17) is 10.5 Å². The van der Waals surface area contributed by atoms with Crippen molar-refractivity contribution in [2.75, 3.05) is 19.5 Å². The zero-order chi connectivity index (χ0) is 13.4. The van der Waals surface area contributed by atoms with Crippen LogP contribution in [0.1, 0.15) is 17.5 Å². The topological polar surface area (TPSA) is 81.4 Å². The Morgan fingerprint density at radius 3 is 2.56 bits per heavy atom. The van der Waals surface area contributed by atoms with Crippen LogP contribution >= 0.6 is 0 Å². The van der Waals surface area contributed by atoms with Gasteiger partial charge in [0.15, 0.2) is 0 Å². The lowest BCUT2D eigenvalue weighted by atomic mass is 10.1. The first-order valence-corrected chi connectivity index (χ1v) is 7.47. The van der Waals surface area contributed by atoms with Crippen molar-refractivity contribution in [3.05, 3.63) is 35.4 Å². The van der Waals surface area contributed by atoms with Gasteiger partial charge in [-0.2, -0.15) is 0 Å². The average molecular weight is 272 g/mol. The van der Waals surface area contributed by atoms with Crippen molar-refractivity contribution in [3.63, 3.8) is 0 Å². The predicted molar refractivity (Wildman–Crippen MR) is 71.5 cm³/mol. The summed E-state index contributed by atoms with van der Waals surface area (Å²) < 4.78 is 30.8. The van der Waals surface area contributed by atoms with Crippen LogP contribution in [-0.4, -0.2) is 27.9 Å². The fourth-order valence-electron chi connectivity index (χ4n) is 1.58. The zero-order valence-corrected chi connectivity index (χ0v) is 11.4. The summed E-state index contributed by atoms with van der Waals surface area (Å²) in [5.41, 5.74) is 7.46. The minimum absolute atomic E-state index is 0.0750. The number of sulfonamides is 1. The first-order valence-electron chi connectivity index (χ1n) is 5.82. The van der Waals surface area contributed by atoms with Crippen LogP contribution in [0.5, 0.6) is 0 Å². The van der Waals surface area contributed by atoms with Gasteiger partial charge >= 0.3 is 0 Å². The molecule has 0 unspecified atom stereocenters. The number of nitrogens with one attached hydrogen (secondary N) is 1. The van der Waals surface area contributed by atoms with Crippen LogP contribution in [0.3, 0.4) is 0 Å². The van der Waals surface area contributed by atoms with Gasteiger partial charge in [0.2, 0.25) is 10.0 Å². The molecule has 0 radical (unpaired) electrons. The van der Waals surface area contributed by atoms with Gasteiger partial charge in [-0.25, -0.2) is 13.1 Å². The minimum atomic E-state index is -3.25. The van der Waals surface area contributed by atoms with E-state index in [1.54, 1.807) is 7.11 Å². The molecule has 1 rings (SSSR count). The maximum Gasteiger partial charge on any atom is 0.211 e. The molecule has 0 aromatic heterocycles. The molecule has 0 aliphatic heterocycles. The van der Waals surface area contributed by atoms with Gasteiger partial charge in [-0.3, -0.25) is 0 Å². The molecule has 1 aromatic carbocycles. The number of ether oxygens (including phenoxy) is 1. The zero-order valence-electron chi connectivity index (χ0n) is 10.6. The molecule has 0 bridgehead atoms. The van der Waals surface area contributed by atoms with Crippen LogP contribution in [0.4, 0.5) is 0 Å². The molecular formula is C12H20N2O3S. The molecule has 0 saturated heterocycles. The lowest BCUT2D eigenvalue weighted by Gasteiger charge is -2.09. The van der Waals surface area contributed by atoms with E-state index >= 15 is 0 Å². The molecule has 102 valence electrons. The van der Waals surface area contributed by atoms with Gasteiger partial charge in [0, 0.05) is 26.8 Å². The van der Waals surface area contributed by atoms with E-state index in [-0.39, 0.29) is 12.3 Å². The summed E-state index contributed by atoms with van der Waals surface area (Å²) in [6.07, 6.45) is 0.490. The van der Waals surface area contributed by atoms with Crippen molar-refractivity contribution in [3.8, 4) is 0 Å². The van der Waals surface area contributed by atoms with Crippen LogP contribution < -0.4 is 10.5 Å². The Bertz CT molecular complexity index is 460. The Kier molecular flexibility index (Phi) is 6.28. The fourth-order valence-corrected chi connectivity index (χ4v) is 2.60. The quantitative estimate of drug-likeness (QED) is 0.679. The summed E-state index contributed by atoms with van der Waals surface area (Å²) in [5, 5.41) is 0. The maximum absolute atomic E-state index is 11.7. The van der Waals surface area contributed by atoms with Gasteiger partial charge in [0.05, 0.1) is 5.75 Å². The van der Waals surface area contributed by atoms with Crippen LogP contribution in [0.25, 0.3) is 0 Å². The normalized spacial score (nSPS) is 11.7. The maximum atomic E-state index is 11.7. The highest BCUT2D eigenvalue weighted by atomic mass is 32.2. The van der Waals surface area contributed by atoms with E-state index in [0.29, 0.717) is 19.6 Å². The molecule has 1 aromatic rings. The molecule has 0 heterocycles. The molecule has 0 aliphatic rings. The van der Waals surface area contributed by atoms with Crippen molar-refractivity contribution < 1.29 is 13.2 Å². The largest absolute Gasteiger partial charge is 0.385 e. The molecular weight excluding hydrogens is 252 g/mol. The molecule has 3 N–H and O–H groups in total. The highest BCUT2D eigenvalue weighted by Gasteiger charge is 2.10. The van der Waals surface area contributed by atoms with Crippen LogP contribution in [0.2, 0.25) is 0 Å². The highest BCUT2D eigenvalue weighted by molar-refractivity contribution is 7.89. The van der Waals surface area contributed by atoms with E-state index in [1.807, 2.05) is 24.3 Å². The minimum Gasteiger partial charge on any atom is -0.385 e. The van der Waals surface area contributed by atoms with Crippen molar-refractivity contribution in [1.82, 2.24) is 4.72 Å². The Labute approximate surface area is 108 Å². The van der Waals surface area contributed by atoms with Gasteiger partial charge in [0.25, 0.3) is 0 Å². The number of nitrogens with two attached hydrogens (primary N) is 1. The summed E-state index contributed by atoms with van der Waals surface area (Å²) in [7, 11) is -1.69. The molecule has 0 aliphatic carbocycles. The lowest BCUT2D eigenvalue weighted by Crippen LogP contribution is -2.27. The second-order valence-electron chi connectivity index (χ2n) is 3.96. The number of hydrogen-bond acceptors (Lipinski definition) is 4. The van der Waals surface area contributed by atoms with E-state index in [9.17, 15) is 8.42 Å². The Balaban J connectivity index is 2.53. The van der Waals surface area contributed by atoms with E-state index < -0.39 is 10.0 Å². The molecule has 0 fully saturated rings. The third-order valence-electron chi connectivity index (χ3n) is 2.58. The monoisotopic (exact) mass is 272 g/mol.